The van der Waals surface area contributed by atoms with E-state index in [4.69, 9.17) is 14.5 Å². The van der Waals surface area contributed by atoms with E-state index in [1.54, 1.807) is 0 Å². The zero-order chi connectivity index (χ0) is 19.1. The maximum absolute atomic E-state index is 5.52. The first kappa shape index (κ1) is 18.0. The molecule has 1 aromatic carbocycles. The third-order valence-electron chi connectivity index (χ3n) is 5.70. The summed E-state index contributed by atoms with van der Waals surface area (Å²) in [7, 11) is 0. The predicted molar refractivity (Wildman–Crippen MR) is 115 cm³/mol. The highest BCUT2D eigenvalue weighted by Gasteiger charge is 2.19. The van der Waals surface area contributed by atoms with E-state index in [1.165, 1.54) is 31.7 Å². The van der Waals surface area contributed by atoms with Gasteiger partial charge in [0.15, 0.2) is 13.1 Å². The number of morpholine rings is 2. The second kappa shape index (κ2) is 7.43. The van der Waals surface area contributed by atoms with Gasteiger partial charge in [0.05, 0.1) is 34.0 Å². The summed E-state index contributed by atoms with van der Waals surface area (Å²) in [5.74, 6) is 0. The first-order chi connectivity index (χ1) is 13.7. The molecule has 3 aliphatic heterocycles. The molecule has 0 amide bonds. The van der Waals surface area contributed by atoms with Crippen molar-refractivity contribution in [3.8, 4) is 10.6 Å². The van der Waals surface area contributed by atoms with Gasteiger partial charge in [0, 0.05) is 30.9 Å². The van der Waals surface area contributed by atoms with Gasteiger partial charge in [-0.25, -0.2) is 9.56 Å². The molecule has 0 atom stereocenters. The van der Waals surface area contributed by atoms with Gasteiger partial charge in [-0.05, 0) is 37.1 Å². The fraction of sp³-hybridized carbons (Fsp3) is 0.455. The van der Waals surface area contributed by atoms with Gasteiger partial charge >= 0.3 is 0 Å². The second-order valence-electron chi connectivity index (χ2n) is 7.63. The molecule has 2 saturated heterocycles. The SMILES string of the molecule is Cc1cc(=[N+]2CCOCC2)cc2sc3cc(N4CCOCC4)cc(C)c3nc1-2. The van der Waals surface area contributed by atoms with Crippen molar-refractivity contribution in [1.29, 1.82) is 0 Å². The first-order valence-corrected chi connectivity index (χ1v) is 10.8. The number of hydrogen-bond acceptors (Lipinski definition) is 5. The molecule has 6 heteroatoms. The van der Waals surface area contributed by atoms with E-state index in [1.807, 2.05) is 11.3 Å². The summed E-state index contributed by atoms with van der Waals surface area (Å²) < 4.78 is 14.7. The van der Waals surface area contributed by atoms with Crippen LogP contribution in [0.2, 0.25) is 0 Å². The Morgan fingerprint density at radius 1 is 0.929 bits per heavy atom. The normalized spacial score (nSPS) is 18.2. The maximum atomic E-state index is 5.52. The average Bonchev–Trinajstić information content (AvgIpc) is 2.74. The zero-order valence-corrected chi connectivity index (χ0v) is 17.3. The lowest BCUT2D eigenvalue weighted by molar-refractivity contribution is 0.0965. The van der Waals surface area contributed by atoms with Gasteiger partial charge in [0.2, 0.25) is 5.36 Å². The number of aromatic nitrogens is 1. The van der Waals surface area contributed by atoms with Crippen LogP contribution in [0.3, 0.4) is 0 Å². The molecule has 0 aromatic heterocycles. The number of fused-ring (bicyclic) bond motifs is 2. The Bertz CT molecular complexity index is 1060. The molecule has 5 rings (SSSR count). The minimum atomic E-state index is 0.804. The van der Waals surface area contributed by atoms with E-state index >= 15 is 0 Å². The minimum Gasteiger partial charge on any atom is -0.378 e. The fourth-order valence-electron chi connectivity index (χ4n) is 4.14. The van der Waals surface area contributed by atoms with Gasteiger partial charge in [-0.15, -0.1) is 11.3 Å². The number of rotatable bonds is 1. The predicted octanol–water partition coefficient (Wildman–Crippen LogP) is 2.66. The van der Waals surface area contributed by atoms with E-state index in [0.717, 1.165) is 63.8 Å². The minimum absolute atomic E-state index is 0.804. The Morgan fingerprint density at radius 3 is 2.46 bits per heavy atom. The summed E-state index contributed by atoms with van der Waals surface area (Å²) in [6.45, 7) is 11.4. The van der Waals surface area contributed by atoms with Gasteiger partial charge in [-0.3, -0.25) is 0 Å². The summed E-state index contributed by atoms with van der Waals surface area (Å²) >= 11 is 1.86. The van der Waals surface area contributed by atoms with E-state index in [-0.39, 0.29) is 0 Å². The molecule has 1 aliphatic carbocycles. The van der Waals surface area contributed by atoms with Crippen LogP contribution in [0, 0.1) is 13.8 Å². The van der Waals surface area contributed by atoms with E-state index in [9.17, 15) is 0 Å². The fourth-order valence-corrected chi connectivity index (χ4v) is 5.34. The van der Waals surface area contributed by atoms with E-state index in [2.05, 4.69) is 47.6 Å². The molecule has 0 bridgehead atoms. The summed E-state index contributed by atoms with van der Waals surface area (Å²) in [5.41, 5.74) is 6.02. The van der Waals surface area contributed by atoms with Crippen LogP contribution in [0.5, 0.6) is 0 Å². The van der Waals surface area contributed by atoms with Crippen molar-refractivity contribution >= 4 is 27.2 Å². The van der Waals surface area contributed by atoms with Crippen molar-refractivity contribution in [3.05, 3.63) is 40.7 Å². The second-order valence-corrected chi connectivity index (χ2v) is 8.72. The Hall–Kier alpha value is -2.02. The molecular formula is C22H26N3O2S+. The lowest BCUT2D eigenvalue weighted by atomic mass is 10.1. The van der Waals surface area contributed by atoms with Crippen LogP contribution in [-0.4, -0.2) is 57.6 Å². The quantitative estimate of drug-likeness (QED) is 0.468. The van der Waals surface area contributed by atoms with Crippen molar-refractivity contribution in [2.45, 2.75) is 13.8 Å². The topological polar surface area (TPSA) is 37.6 Å². The highest BCUT2D eigenvalue weighted by molar-refractivity contribution is 7.21. The summed E-state index contributed by atoms with van der Waals surface area (Å²) in [6.07, 6.45) is 0. The van der Waals surface area contributed by atoms with Gasteiger partial charge < -0.3 is 14.4 Å². The highest BCUT2D eigenvalue weighted by atomic mass is 32.1. The Balaban J connectivity index is 1.68. The van der Waals surface area contributed by atoms with Gasteiger partial charge in [-0.1, -0.05) is 0 Å². The summed E-state index contributed by atoms with van der Waals surface area (Å²) in [5, 5.41) is 1.28. The molecule has 146 valence electrons. The zero-order valence-electron chi connectivity index (χ0n) is 16.5. The van der Waals surface area contributed by atoms with Crippen LogP contribution < -0.4 is 14.8 Å². The Kier molecular flexibility index (Phi) is 4.78. The van der Waals surface area contributed by atoms with Crippen molar-refractivity contribution in [2.75, 3.05) is 57.5 Å². The third kappa shape index (κ3) is 3.30. The molecule has 4 aliphatic rings. The highest BCUT2D eigenvalue weighted by Crippen LogP contribution is 2.35. The van der Waals surface area contributed by atoms with Crippen LogP contribution in [0.1, 0.15) is 11.1 Å². The number of benzene rings is 2. The van der Waals surface area contributed by atoms with Gasteiger partial charge in [0.1, 0.15) is 13.2 Å². The number of nitrogens with zero attached hydrogens (tertiary/aromatic N) is 3. The van der Waals surface area contributed by atoms with Gasteiger partial charge in [0.25, 0.3) is 0 Å². The maximum Gasteiger partial charge on any atom is 0.201 e. The molecule has 5 nitrogen and oxygen atoms in total. The van der Waals surface area contributed by atoms with Crippen LogP contribution in [0.25, 0.3) is 20.8 Å². The Morgan fingerprint density at radius 2 is 1.68 bits per heavy atom. The third-order valence-corrected chi connectivity index (χ3v) is 6.76. The van der Waals surface area contributed by atoms with Crippen LogP contribution in [0.4, 0.5) is 5.69 Å². The lowest BCUT2D eigenvalue weighted by Gasteiger charge is -2.29. The molecule has 2 fully saturated rings. The molecule has 0 radical (unpaired) electrons. The number of anilines is 1. The van der Waals surface area contributed by atoms with Crippen molar-refractivity contribution in [1.82, 2.24) is 9.56 Å². The lowest BCUT2D eigenvalue weighted by Crippen LogP contribution is -2.39. The number of ether oxygens (including phenoxy) is 2. The van der Waals surface area contributed by atoms with Crippen LogP contribution in [0.15, 0.2) is 24.3 Å². The van der Waals surface area contributed by atoms with Crippen LogP contribution >= 0.6 is 11.3 Å². The molecule has 0 unspecified atom stereocenters. The molecular weight excluding hydrogens is 370 g/mol. The number of hydrogen-bond donors (Lipinski definition) is 0. The van der Waals surface area contributed by atoms with E-state index < -0.39 is 0 Å². The van der Waals surface area contributed by atoms with E-state index in [0.29, 0.717) is 0 Å². The smallest absolute Gasteiger partial charge is 0.201 e. The molecule has 0 saturated carbocycles. The summed E-state index contributed by atoms with van der Waals surface area (Å²) in [6, 6.07) is 9.16. The van der Waals surface area contributed by atoms with Crippen LogP contribution in [-0.2, 0) is 9.47 Å². The molecule has 1 aromatic rings. The average molecular weight is 397 g/mol. The number of aryl methyl sites for hydroxylation is 2. The largest absolute Gasteiger partial charge is 0.378 e. The molecule has 28 heavy (non-hydrogen) atoms. The molecule has 0 N–H and O–H groups in total. The molecule has 0 spiro atoms. The van der Waals surface area contributed by atoms with Crippen molar-refractivity contribution in [2.24, 2.45) is 0 Å². The van der Waals surface area contributed by atoms with Crippen molar-refractivity contribution in [3.63, 3.8) is 0 Å². The van der Waals surface area contributed by atoms with Gasteiger partial charge in [-0.2, -0.15) is 0 Å². The standard InChI is InChI=1S/C22H26N3O2S/c1-15-11-17(24-3-7-26-8-4-24)13-19-21(15)23-22-16(2)12-18(14-20(22)28-19)25-5-9-27-10-6-25/h11-14H,3-10H2,1-2H3/q+1. The monoisotopic (exact) mass is 396 g/mol. The Labute approximate surface area is 169 Å². The van der Waals surface area contributed by atoms with Crippen molar-refractivity contribution < 1.29 is 9.47 Å². The first-order valence-electron chi connectivity index (χ1n) is 10.0. The summed E-state index contributed by atoms with van der Waals surface area (Å²) in [4.78, 5) is 8.75. The molecule has 3 heterocycles.